The van der Waals surface area contributed by atoms with Gasteiger partial charge in [0.25, 0.3) is 0 Å². The smallest absolute Gasteiger partial charge is 0.307 e. The molecule has 1 heterocycles. The molecule has 0 spiro atoms. The second-order valence-corrected chi connectivity index (χ2v) is 6.14. The summed E-state index contributed by atoms with van der Waals surface area (Å²) in [7, 11) is 0. The molecule has 0 aliphatic rings. The van der Waals surface area contributed by atoms with E-state index < -0.39 is 5.97 Å². The van der Waals surface area contributed by atoms with E-state index in [1.54, 1.807) is 0 Å². The van der Waals surface area contributed by atoms with E-state index >= 15 is 0 Å². The molecule has 0 unspecified atom stereocenters. The van der Waals surface area contributed by atoms with E-state index in [1.165, 1.54) is 12.3 Å². The zero-order valence-corrected chi connectivity index (χ0v) is 14.4. The van der Waals surface area contributed by atoms with Crippen molar-refractivity contribution in [3.05, 3.63) is 42.9 Å². The van der Waals surface area contributed by atoms with Crippen LogP contribution in [0, 0.1) is 0 Å². The molecular formula is C13H7Cl5N2O2. The number of nitrogens with two attached hydrogens (primary N) is 1. The molecule has 1 aromatic heterocycles. The van der Waals surface area contributed by atoms with Crippen LogP contribution >= 0.6 is 58.0 Å². The van der Waals surface area contributed by atoms with Crippen LogP contribution in [0.2, 0.25) is 25.1 Å². The van der Waals surface area contributed by atoms with Gasteiger partial charge in [0.15, 0.2) is 0 Å². The van der Waals surface area contributed by atoms with E-state index in [0.29, 0.717) is 5.56 Å². The van der Waals surface area contributed by atoms with Crippen LogP contribution in [-0.2, 0) is 11.2 Å². The van der Waals surface area contributed by atoms with Crippen LogP contribution < -0.4 is 5.73 Å². The van der Waals surface area contributed by atoms with Crippen LogP contribution in [0.3, 0.4) is 0 Å². The summed E-state index contributed by atoms with van der Waals surface area (Å²) in [5.41, 5.74) is 6.70. The highest BCUT2D eigenvalue weighted by molar-refractivity contribution is 6.56. The van der Waals surface area contributed by atoms with Gasteiger partial charge in [-0.15, -0.1) is 0 Å². The Bertz CT molecular complexity index is 751. The van der Waals surface area contributed by atoms with Crippen molar-refractivity contribution in [3.63, 3.8) is 0 Å². The van der Waals surface area contributed by atoms with Gasteiger partial charge in [-0.25, -0.2) is 4.98 Å². The second-order valence-electron chi connectivity index (χ2n) is 4.25. The maximum absolute atomic E-state index is 11.0. The number of pyridine rings is 1. The van der Waals surface area contributed by atoms with Crippen molar-refractivity contribution in [3.8, 4) is 11.1 Å². The van der Waals surface area contributed by atoms with Crippen LogP contribution in [0.15, 0.2) is 12.3 Å². The predicted octanol–water partition coefficient (Wildman–Crippen LogP) is 5.22. The van der Waals surface area contributed by atoms with Gasteiger partial charge in [0.2, 0.25) is 0 Å². The number of hydrogen-bond donors (Lipinski definition) is 2. The number of hydrogen-bond acceptors (Lipinski definition) is 3. The monoisotopic (exact) mass is 398 g/mol. The first-order valence-electron chi connectivity index (χ1n) is 5.72. The van der Waals surface area contributed by atoms with Crippen LogP contribution in [-0.4, -0.2) is 16.1 Å². The van der Waals surface area contributed by atoms with Gasteiger partial charge in [-0.3, -0.25) is 4.79 Å². The van der Waals surface area contributed by atoms with Gasteiger partial charge in [-0.05, 0) is 11.6 Å². The summed E-state index contributed by atoms with van der Waals surface area (Å²) >= 11 is 30.4. The third kappa shape index (κ3) is 3.07. The number of carbonyl (C=O) groups is 1. The molecule has 116 valence electrons. The first kappa shape index (κ1) is 17.4. The predicted molar refractivity (Wildman–Crippen MR) is 90.5 cm³/mol. The van der Waals surface area contributed by atoms with Gasteiger partial charge in [-0.1, -0.05) is 58.0 Å². The molecule has 0 saturated heterocycles. The van der Waals surface area contributed by atoms with Crippen molar-refractivity contribution >= 4 is 69.8 Å². The quantitative estimate of drug-likeness (QED) is 0.547. The Morgan fingerprint density at radius 3 is 2.00 bits per heavy atom. The largest absolute Gasteiger partial charge is 0.481 e. The number of nitrogen functional groups attached to an aromatic ring is 1. The average molecular weight is 400 g/mol. The van der Waals surface area contributed by atoms with E-state index in [4.69, 9.17) is 68.8 Å². The highest BCUT2D eigenvalue weighted by Crippen LogP contribution is 2.49. The van der Waals surface area contributed by atoms with E-state index in [0.717, 1.165) is 0 Å². The fourth-order valence-corrected chi connectivity index (χ4v) is 3.27. The van der Waals surface area contributed by atoms with E-state index in [9.17, 15) is 4.79 Å². The number of halogens is 5. The molecule has 9 heteroatoms. The molecule has 3 N–H and O–H groups in total. The molecular weight excluding hydrogens is 393 g/mol. The summed E-state index contributed by atoms with van der Waals surface area (Å²) in [4.78, 5) is 15.0. The Labute approximate surface area is 150 Å². The molecule has 0 saturated carbocycles. The molecule has 0 aliphatic heterocycles. The zero-order valence-electron chi connectivity index (χ0n) is 10.6. The number of carboxylic acid groups (broad SMARTS) is 1. The first-order chi connectivity index (χ1) is 10.3. The van der Waals surface area contributed by atoms with Gasteiger partial charge in [0.1, 0.15) is 5.82 Å². The lowest BCUT2D eigenvalue weighted by Gasteiger charge is -2.16. The molecule has 2 rings (SSSR count). The van der Waals surface area contributed by atoms with Crippen molar-refractivity contribution < 1.29 is 9.90 Å². The molecule has 0 aliphatic carbocycles. The van der Waals surface area contributed by atoms with Gasteiger partial charge in [0.05, 0.1) is 31.5 Å². The Balaban J connectivity index is 2.86. The third-order valence-electron chi connectivity index (χ3n) is 2.87. The fourth-order valence-electron chi connectivity index (χ4n) is 1.94. The summed E-state index contributed by atoms with van der Waals surface area (Å²) in [5.74, 6) is -0.998. The molecule has 0 atom stereocenters. The van der Waals surface area contributed by atoms with E-state index in [1.807, 2.05) is 0 Å². The number of carboxylic acids is 1. The maximum Gasteiger partial charge on any atom is 0.307 e. The number of nitrogens with zero attached hydrogens (tertiary/aromatic N) is 1. The summed E-state index contributed by atoms with van der Waals surface area (Å²) in [6.07, 6.45) is 1.09. The van der Waals surface area contributed by atoms with Crippen molar-refractivity contribution in [2.24, 2.45) is 0 Å². The van der Waals surface area contributed by atoms with Crippen LogP contribution in [0.5, 0.6) is 0 Å². The lowest BCUT2D eigenvalue weighted by molar-refractivity contribution is -0.136. The summed E-state index contributed by atoms with van der Waals surface area (Å²) in [6.45, 7) is 0. The van der Waals surface area contributed by atoms with Crippen molar-refractivity contribution in [2.45, 2.75) is 6.42 Å². The molecule has 0 radical (unpaired) electrons. The zero-order chi connectivity index (χ0) is 16.6. The van der Waals surface area contributed by atoms with Crippen molar-refractivity contribution in [2.75, 3.05) is 5.73 Å². The fraction of sp³-hybridized carbons (Fsp3) is 0.0769. The maximum atomic E-state index is 11.0. The second kappa shape index (κ2) is 6.69. The van der Waals surface area contributed by atoms with E-state index in [2.05, 4.69) is 4.98 Å². The SMILES string of the molecule is Nc1nccc(CC(=O)O)c1-c1c(Cl)c(Cl)c(Cl)c(Cl)c1Cl. The minimum atomic E-state index is -1.05. The minimum absolute atomic E-state index is 0.00254. The molecule has 0 bridgehead atoms. The third-order valence-corrected chi connectivity index (χ3v) is 5.14. The molecule has 2 aromatic rings. The standard InChI is InChI=1S/C13H7Cl5N2O2/c14-8-7(9(15)11(17)12(18)10(8)16)6-4(3-5(21)22)1-2-20-13(6)19/h1-2H,3H2,(H2,19,20)(H,21,22). The highest BCUT2D eigenvalue weighted by atomic mass is 35.5. The number of benzene rings is 1. The molecule has 0 amide bonds. The van der Waals surface area contributed by atoms with Gasteiger partial charge < -0.3 is 10.8 Å². The minimum Gasteiger partial charge on any atom is -0.481 e. The van der Waals surface area contributed by atoms with Crippen LogP contribution in [0.4, 0.5) is 5.82 Å². The molecule has 4 nitrogen and oxygen atoms in total. The van der Waals surface area contributed by atoms with Crippen LogP contribution in [0.1, 0.15) is 5.56 Å². The lowest BCUT2D eigenvalue weighted by Crippen LogP contribution is -2.06. The Morgan fingerprint density at radius 1 is 1.00 bits per heavy atom. The van der Waals surface area contributed by atoms with Gasteiger partial charge in [0, 0.05) is 17.3 Å². The normalized spacial score (nSPS) is 10.8. The Morgan fingerprint density at radius 2 is 1.50 bits per heavy atom. The van der Waals surface area contributed by atoms with Crippen LogP contribution in [0.25, 0.3) is 11.1 Å². The van der Waals surface area contributed by atoms with Gasteiger partial charge >= 0.3 is 5.97 Å². The number of rotatable bonds is 3. The van der Waals surface area contributed by atoms with Gasteiger partial charge in [-0.2, -0.15) is 0 Å². The lowest BCUT2D eigenvalue weighted by atomic mass is 9.98. The number of anilines is 1. The van der Waals surface area contributed by atoms with Crippen molar-refractivity contribution in [1.82, 2.24) is 4.98 Å². The topological polar surface area (TPSA) is 76.2 Å². The summed E-state index contributed by atoms with van der Waals surface area (Å²) < 4.78 is 0. The average Bonchev–Trinajstić information content (AvgIpc) is 2.45. The molecule has 0 fully saturated rings. The van der Waals surface area contributed by atoms with Crippen molar-refractivity contribution in [1.29, 1.82) is 0 Å². The molecule has 22 heavy (non-hydrogen) atoms. The summed E-state index contributed by atoms with van der Waals surface area (Å²) in [5, 5.41) is 9.06. The number of aromatic nitrogens is 1. The summed E-state index contributed by atoms with van der Waals surface area (Å²) in [6, 6.07) is 1.50. The molecule has 1 aromatic carbocycles. The Hall–Kier alpha value is -0.910. The van der Waals surface area contributed by atoms with E-state index in [-0.39, 0.29) is 48.5 Å². The Kier molecular flexibility index (Phi) is 5.30. The number of aliphatic carboxylic acids is 1. The first-order valence-corrected chi connectivity index (χ1v) is 7.61. The highest BCUT2D eigenvalue weighted by Gasteiger charge is 2.24.